The molecule has 1 heterocycles. The minimum atomic E-state index is -0.128. The molecule has 0 bridgehead atoms. The number of hydrogen-bond acceptors (Lipinski definition) is 4. The van der Waals surface area contributed by atoms with Gasteiger partial charge in [0.15, 0.2) is 0 Å². The van der Waals surface area contributed by atoms with Crippen LogP contribution >= 0.6 is 0 Å². The standard InChI is InChI=1S/C21H20N4O/c1-23-14-18-19(22)11-12-24-20(18)13-15-7-9-17(10-8-15)25-21(26)16-5-3-2-4-6-16/h2-12,14H,13H2,1H3,(H2,22,24)(H,25,26). The molecule has 5 heteroatoms. The minimum absolute atomic E-state index is 0.128. The van der Waals surface area contributed by atoms with Crippen molar-refractivity contribution in [3.05, 3.63) is 89.2 Å². The molecule has 0 aliphatic rings. The summed E-state index contributed by atoms with van der Waals surface area (Å²) in [5.41, 5.74) is 10.8. The summed E-state index contributed by atoms with van der Waals surface area (Å²) in [6.45, 7) is 0. The predicted octanol–water partition coefficient (Wildman–Crippen LogP) is 3.56. The lowest BCUT2D eigenvalue weighted by Gasteiger charge is -2.09. The minimum Gasteiger partial charge on any atom is -0.398 e. The third kappa shape index (κ3) is 4.13. The van der Waals surface area contributed by atoms with E-state index in [0.717, 1.165) is 22.5 Å². The summed E-state index contributed by atoms with van der Waals surface area (Å²) in [7, 11) is 1.71. The molecule has 0 unspecified atom stereocenters. The van der Waals surface area contributed by atoms with Crippen molar-refractivity contribution in [3.63, 3.8) is 0 Å². The van der Waals surface area contributed by atoms with E-state index in [9.17, 15) is 4.79 Å². The van der Waals surface area contributed by atoms with E-state index in [4.69, 9.17) is 5.73 Å². The molecule has 3 rings (SSSR count). The summed E-state index contributed by atoms with van der Waals surface area (Å²) < 4.78 is 0. The molecule has 0 aliphatic carbocycles. The molecule has 0 aliphatic heterocycles. The van der Waals surface area contributed by atoms with Crippen LogP contribution in [0.2, 0.25) is 0 Å². The normalized spacial score (nSPS) is 10.8. The molecule has 1 aromatic heterocycles. The lowest BCUT2D eigenvalue weighted by atomic mass is 10.0. The zero-order chi connectivity index (χ0) is 18.4. The highest BCUT2D eigenvalue weighted by atomic mass is 16.1. The van der Waals surface area contributed by atoms with Gasteiger partial charge in [0.25, 0.3) is 5.91 Å². The van der Waals surface area contributed by atoms with Crippen LogP contribution in [0.25, 0.3) is 0 Å². The van der Waals surface area contributed by atoms with Crippen LogP contribution in [-0.2, 0) is 6.42 Å². The number of aromatic nitrogens is 1. The molecule has 0 saturated heterocycles. The third-order valence-corrected chi connectivity index (χ3v) is 3.98. The van der Waals surface area contributed by atoms with E-state index in [0.29, 0.717) is 17.7 Å². The van der Waals surface area contributed by atoms with E-state index in [-0.39, 0.29) is 5.91 Å². The topological polar surface area (TPSA) is 80.4 Å². The number of nitrogen functional groups attached to an aromatic ring is 1. The molecule has 0 atom stereocenters. The Morgan fingerprint density at radius 2 is 1.85 bits per heavy atom. The highest BCUT2D eigenvalue weighted by Crippen LogP contribution is 2.18. The van der Waals surface area contributed by atoms with Gasteiger partial charge in [-0.3, -0.25) is 14.8 Å². The third-order valence-electron chi connectivity index (χ3n) is 3.98. The quantitative estimate of drug-likeness (QED) is 0.695. The number of carbonyl (C=O) groups is 1. The Labute approximate surface area is 152 Å². The van der Waals surface area contributed by atoms with E-state index in [1.165, 1.54) is 0 Å². The van der Waals surface area contributed by atoms with Crippen LogP contribution in [0.1, 0.15) is 27.2 Å². The van der Waals surface area contributed by atoms with Crippen LogP contribution in [-0.4, -0.2) is 24.2 Å². The molecule has 0 spiro atoms. The first-order chi connectivity index (χ1) is 12.7. The summed E-state index contributed by atoms with van der Waals surface area (Å²) in [4.78, 5) is 20.7. The maximum Gasteiger partial charge on any atom is 0.255 e. The first-order valence-corrected chi connectivity index (χ1v) is 8.28. The van der Waals surface area contributed by atoms with Crippen LogP contribution in [0.5, 0.6) is 0 Å². The van der Waals surface area contributed by atoms with Gasteiger partial charge in [0, 0.05) is 48.4 Å². The number of nitrogens with zero attached hydrogens (tertiary/aromatic N) is 2. The van der Waals surface area contributed by atoms with Crippen LogP contribution in [0.4, 0.5) is 11.4 Å². The second-order valence-electron chi connectivity index (χ2n) is 5.84. The molecule has 5 nitrogen and oxygen atoms in total. The number of pyridine rings is 1. The van der Waals surface area contributed by atoms with Gasteiger partial charge < -0.3 is 11.1 Å². The number of nitrogens with two attached hydrogens (primary N) is 1. The van der Waals surface area contributed by atoms with Gasteiger partial charge in [-0.1, -0.05) is 30.3 Å². The number of nitrogens with one attached hydrogen (secondary N) is 1. The van der Waals surface area contributed by atoms with E-state index in [1.807, 2.05) is 42.5 Å². The Hall–Kier alpha value is -3.47. The molecule has 3 aromatic rings. The fourth-order valence-electron chi connectivity index (χ4n) is 2.64. The Morgan fingerprint density at radius 3 is 2.54 bits per heavy atom. The van der Waals surface area contributed by atoms with Crippen molar-refractivity contribution in [2.75, 3.05) is 18.1 Å². The van der Waals surface area contributed by atoms with Gasteiger partial charge in [-0.15, -0.1) is 0 Å². The van der Waals surface area contributed by atoms with Crippen LogP contribution in [0.15, 0.2) is 71.9 Å². The SMILES string of the molecule is CN=Cc1c(N)ccnc1Cc1ccc(NC(=O)c2ccccc2)cc1. The number of anilines is 2. The largest absolute Gasteiger partial charge is 0.398 e. The van der Waals surface area contributed by atoms with E-state index >= 15 is 0 Å². The highest BCUT2D eigenvalue weighted by Gasteiger charge is 2.08. The van der Waals surface area contributed by atoms with Gasteiger partial charge in [-0.2, -0.15) is 0 Å². The zero-order valence-electron chi connectivity index (χ0n) is 14.5. The molecule has 0 radical (unpaired) electrons. The predicted molar refractivity (Wildman–Crippen MR) is 106 cm³/mol. The first-order valence-electron chi connectivity index (χ1n) is 8.28. The average Bonchev–Trinajstić information content (AvgIpc) is 2.67. The van der Waals surface area contributed by atoms with Crippen molar-refractivity contribution in [3.8, 4) is 0 Å². The van der Waals surface area contributed by atoms with Crippen LogP contribution < -0.4 is 11.1 Å². The second-order valence-corrected chi connectivity index (χ2v) is 5.84. The second kappa shape index (κ2) is 8.07. The summed E-state index contributed by atoms with van der Waals surface area (Å²) in [5.74, 6) is -0.128. The zero-order valence-corrected chi connectivity index (χ0v) is 14.5. The molecule has 3 N–H and O–H groups in total. The molecule has 0 fully saturated rings. The summed E-state index contributed by atoms with van der Waals surface area (Å²) >= 11 is 0. The van der Waals surface area contributed by atoms with Gasteiger partial charge in [-0.05, 0) is 35.9 Å². The van der Waals surface area contributed by atoms with E-state index < -0.39 is 0 Å². The molecule has 0 saturated carbocycles. The Kier molecular flexibility index (Phi) is 5.39. The lowest BCUT2D eigenvalue weighted by Crippen LogP contribution is -2.11. The van der Waals surface area contributed by atoms with E-state index in [2.05, 4.69) is 15.3 Å². The van der Waals surface area contributed by atoms with Crippen molar-refractivity contribution in [1.82, 2.24) is 4.98 Å². The molecule has 130 valence electrons. The fraction of sp³-hybridized carbons (Fsp3) is 0.0952. The van der Waals surface area contributed by atoms with Gasteiger partial charge in [-0.25, -0.2) is 0 Å². The van der Waals surface area contributed by atoms with Gasteiger partial charge in [0.2, 0.25) is 0 Å². The lowest BCUT2D eigenvalue weighted by molar-refractivity contribution is 0.102. The van der Waals surface area contributed by atoms with Crippen molar-refractivity contribution < 1.29 is 4.79 Å². The fourth-order valence-corrected chi connectivity index (χ4v) is 2.64. The molecule has 1 amide bonds. The number of aliphatic imine (C=N–C) groups is 1. The number of hydrogen-bond donors (Lipinski definition) is 2. The molecular weight excluding hydrogens is 324 g/mol. The average molecular weight is 344 g/mol. The number of amides is 1. The maximum absolute atomic E-state index is 12.2. The van der Waals surface area contributed by atoms with Crippen LogP contribution in [0.3, 0.4) is 0 Å². The first kappa shape index (κ1) is 17.4. The summed E-state index contributed by atoms with van der Waals surface area (Å²) in [5, 5.41) is 2.89. The summed E-state index contributed by atoms with van der Waals surface area (Å²) in [6.07, 6.45) is 4.07. The Bertz CT molecular complexity index is 919. The maximum atomic E-state index is 12.2. The Morgan fingerprint density at radius 1 is 1.12 bits per heavy atom. The monoisotopic (exact) mass is 344 g/mol. The van der Waals surface area contributed by atoms with E-state index in [1.54, 1.807) is 37.7 Å². The molecular formula is C21H20N4O. The smallest absolute Gasteiger partial charge is 0.255 e. The molecule has 2 aromatic carbocycles. The number of benzene rings is 2. The van der Waals surface area contributed by atoms with Gasteiger partial charge in [0.1, 0.15) is 0 Å². The van der Waals surface area contributed by atoms with Crippen molar-refractivity contribution in [2.45, 2.75) is 6.42 Å². The number of rotatable bonds is 5. The molecule has 26 heavy (non-hydrogen) atoms. The van der Waals surface area contributed by atoms with Crippen molar-refractivity contribution in [2.24, 2.45) is 4.99 Å². The highest BCUT2D eigenvalue weighted by molar-refractivity contribution is 6.04. The van der Waals surface area contributed by atoms with Gasteiger partial charge >= 0.3 is 0 Å². The Balaban J connectivity index is 1.73. The van der Waals surface area contributed by atoms with Crippen LogP contribution in [0, 0.1) is 0 Å². The van der Waals surface area contributed by atoms with Crippen molar-refractivity contribution >= 4 is 23.5 Å². The van der Waals surface area contributed by atoms with Gasteiger partial charge in [0.05, 0.1) is 5.69 Å². The summed E-state index contributed by atoms with van der Waals surface area (Å²) in [6, 6.07) is 18.6. The van der Waals surface area contributed by atoms with Crippen molar-refractivity contribution in [1.29, 1.82) is 0 Å². The number of carbonyl (C=O) groups excluding carboxylic acids is 1.